The normalized spacial score (nSPS) is 28.7. The van der Waals surface area contributed by atoms with Crippen LogP contribution in [-0.2, 0) is 0 Å². The van der Waals surface area contributed by atoms with Crippen LogP contribution in [0.3, 0.4) is 0 Å². The predicted molar refractivity (Wildman–Crippen MR) is 83.2 cm³/mol. The fourth-order valence-electron chi connectivity index (χ4n) is 3.76. The molecule has 0 spiro atoms. The van der Waals surface area contributed by atoms with Crippen LogP contribution in [0.1, 0.15) is 23.7 Å². The van der Waals surface area contributed by atoms with Crippen LogP contribution in [0.4, 0.5) is 0 Å². The Kier molecular flexibility index (Phi) is 4.03. The van der Waals surface area contributed by atoms with E-state index in [1.165, 1.54) is 0 Å². The molecule has 2 saturated heterocycles. The van der Waals surface area contributed by atoms with E-state index in [9.17, 15) is 4.79 Å². The second kappa shape index (κ2) is 5.78. The van der Waals surface area contributed by atoms with Gasteiger partial charge in [0.05, 0.1) is 5.56 Å². The van der Waals surface area contributed by atoms with Crippen molar-refractivity contribution in [1.29, 1.82) is 0 Å². The van der Waals surface area contributed by atoms with Crippen molar-refractivity contribution in [3.05, 3.63) is 29.8 Å². The molecule has 0 aliphatic carbocycles. The molecule has 2 heterocycles. The SMILES string of the molecule is CCC1C2CNCC2CN1C(=O)c1ccccc1SC. The van der Waals surface area contributed by atoms with E-state index in [0.29, 0.717) is 17.9 Å². The van der Waals surface area contributed by atoms with E-state index in [-0.39, 0.29) is 5.91 Å². The van der Waals surface area contributed by atoms with Crippen molar-refractivity contribution >= 4 is 17.7 Å². The Balaban J connectivity index is 1.87. The summed E-state index contributed by atoms with van der Waals surface area (Å²) < 4.78 is 0. The molecule has 0 aromatic heterocycles. The van der Waals surface area contributed by atoms with E-state index < -0.39 is 0 Å². The van der Waals surface area contributed by atoms with Gasteiger partial charge in [0.2, 0.25) is 0 Å². The first-order chi connectivity index (χ1) is 9.76. The summed E-state index contributed by atoms with van der Waals surface area (Å²) in [7, 11) is 0. The van der Waals surface area contributed by atoms with E-state index >= 15 is 0 Å². The standard InChI is InChI=1S/C16H22N2OS/c1-3-14-13-9-17-8-11(13)10-18(14)16(19)12-6-4-5-7-15(12)20-2/h4-7,11,13-14,17H,3,8-10H2,1-2H3. The number of nitrogens with zero attached hydrogens (tertiary/aromatic N) is 1. The highest BCUT2D eigenvalue weighted by atomic mass is 32.2. The van der Waals surface area contributed by atoms with E-state index in [1.54, 1.807) is 11.8 Å². The third kappa shape index (κ3) is 2.25. The maximum absolute atomic E-state index is 12.9. The van der Waals surface area contributed by atoms with E-state index in [4.69, 9.17) is 0 Å². The predicted octanol–water partition coefficient (Wildman–Crippen LogP) is 2.48. The number of likely N-dealkylation sites (tertiary alicyclic amines) is 1. The smallest absolute Gasteiger partial charge is 0.255 e. The van der Waals surface area contributed by atoms with Crippen molar-refractivity contribution in [2.45, 2.75) is 24.3 Å². The van der Waals surface area contributed by atoms with Crippen molar-refractivity contribution < 1.29 is 4.79 Å². The van der Waals surface area contributed by atoms with Gasteiger partial charge in [0.1, 0.15) is 0 Å². The van der Waals surface area contributed by atoms with Gasteiger partial charge >= 0.3 is 0 Å². The summed E-state index contributed by atoms with van der Waals surface area (Å²) in [6.45, 7) is 5.25. The van der Waals surface area contributed by atoms with Crippen LogP contribution in [-0.4, -0.2) is 42.7 Å². The summed E-state index contributed by atoms with van der Waals surface area (Å²) in [4.78, 5) is 16.1. The Morgan fingerprint density at radius 1 is 1.40 bits per heavy atom. The molecule has 4 heteroatoms. The van der Waals surface area contributed by atoms with E-state index in [0.717, 1.165) is 36.5 Å². The maximum atomic E-state index is 12.9. The first-order valence-electron chi connectivity index (χ1n) is 7.41. The first kappa shape index (κ1) is 14.0. The Labute approximate surface area is 125 Å². The van der Waals surface area contributed by atoms with Crippen molar-refractivity contribution in [1.82, 2.24) is 10.2 Å². The summed E-state index contributed by atoms with van der Waals surface area (Å²) in [5.74, 6) is 1.51. The Morgan fingerprint density at radius 2 is 2.20 bits per heavy atom. The van der Waals surface area contributed by atoms with E-state index in [2.05, 4.69) is 17.1 Å². The molecule has 2 aliphatic heterocycles. The Morgan fingerprint density at radius 3 is 2.95 bits per heavy atom. The van der Waals surface area contributed by atoms with Gasteiger partial charge in [-0.15, -0.1) is 11.8 Å². The van der Waals surface area contributed by atoms with Gasteiger partial charge in [0, 0.05) is 30.6 Å². The molecule has 2 aliphatic rings. The number of carbonyl (C=O) groups excluding carboxylic acids is 1. The summed E-state index contributed by atoms with van der Waals surface area (Å²) in [5.41, 5.74) is 0.867. The van der Waals surface area contributed by atoms with Gasteiger partial charge in [-0.3, -0.25) is 4.79 Å². The molecule has 3 unspecified atom stereocenters. The van der Waals surface area contributed by atoms with Gasteiger partial charge in [-0.2, -0.15) is 0 Å². The number of thioether (sulfide) groups is 1. The first-order valence-corrected chi connectivity index (χ1v) is 8.63. The minimum Gasteiger partial charge on any atom is -0.335 e. The third-order valence-electron chi connectivity index (χ3n) is 4.73. The van der Waals surface area contributed by atoms with Crippen LogP contribution in [0, 0.1) is 11.8 Å². The van der Waals surface area contributed by atoms with Crippen LogP contribution in [0.5, 0.6) is 0 Å². The Bertz CT molecular complexity index is 505. The van der Waals surface area contributed by atoms with Gasteiger partial charge in [-0.1, -0.05) is 19.1 Å². The van der Waals surface area contributed by atoms with Crippen LogP contribution < -0.4 is 5.32 Å². The molecule has 3 nitrogen and oxygen atoms in total. The Hall–Kier alpha value is -1.00. The zero-order valence-electron chi connectivity index (χ0n) is 12.1. The average molecular weight is 290 g/mol. The molecule has 3 rings (SSSR count). The lowest BCUT2D eigenvalue weighted by Gasteiger charge is -2.27. The number of benzene rings is 1. The van der Waals surface area contributed by atoms with Crippen molar-refractivity contribution in [2.24, 2.45) is 11.8 Å². The zero-order chi connectivity index (χ0) is 14.1. The molecule has 1 aromatic carbocycles. The largest absolute Gasteiger partial charge is 0.335 e. The average Bonchev–Trinajstić information content (AvgIpc) is 3.06. The topological polar surface area (TPSA) is 32.3 Å². The molecule has 108 valence electrons. The van der Waals surface area contributed by atoms with Crippen molar-refractivity contribution in [3.8, 4) is 0 Å². The molecular formula is C16H22N2OS. The molecule has 20 heavy (non-hydrogen) atoms. The van der Waals surface area contributed by atoms with Gasteiger partial charge < -0.3 is 10.2 Å². The molecule has 0 saturated carbocycles. The lowest BCUT2D eigenvalue weighted by molar-refractivity contribution is 0.0708. The number of rotatable bonds is 3. The number of nitrogens with one attached hydrogen (secondary N) is 1. The minimum absolute atomic E-state index is 0.219. The second-order valence-corrected chi connectivity index (χ2v) is 6.56. The molecule has 1 aromatic rings. The highest BCUT2D eigenvalue weighted by Crippen LogP contribution is 2.36. The number of carbonyl (C=O) groups is 1. The van der Waals surface area contributed by atoms with E-state index in [1.807, 2.05) is 30.5 Å². The fraction of sp³-hybridized carbons (Fsp3) is 0.562. The number of fused-ring (bicyclic) bond motifs is 1. The summed E-state index contributed by atoms with van der Waals surface area (Å²) in [6.07, 6.45) is 3.09. The fourth-order valence-corrected chi connectivity index (χ4v) is 4.35. The molecule has 0 bridgehead atoms. The zero-order valence-corrected chi connectivity index (χ0v) is 13.0. The minimum atomic E-state index is 0.219. The van der Waals surface area contributed by atoms with Crippen molar-refractivity contribution in [2.75, 3.05) is 25.9 Å². The summed E-state index contributed by atoms with van der Waals surface area (Å²) in [6, 6.07) is 8.37. The monoisotopic (exact) mass is 290 g/mol. The summed E-state index contributed by atoms with van der Waals surface area (Å²) in [5, 5.41) is 3.47. The van der Waals surface area contributed by atoms with Crippen LogP contribution in [0.15, 0.2) is 29.2 Å². The van der Waals surface area contributed by atoms with Crippen LogP contribution in [0.2, 0.25) is 0 Å². The number of amides is 1. The van der Waals surface area contributed by atoms with Gasteiger partial charge in [-0.05, 0) is 36.6 Å². The lowest BCUT2D eigenvalue weighted by Crippen LogP contribution is -2.39. The number of hydrogen-bond donors (Lipinski definition) is 1. The lowest BCUT2D eigenvalue weighted by atomic mass is 9.93. The highest BCUT2D eigenvalue weighted by molar-refractivity contribution is 7.98. The third-order valence-corrected chi connectivity index (χ3v) is 5.53. The second-order valence-electron chi connectivity index (χ2n) is 5.72. The van der Waals surface area contributed by atoms with Gasteiger partial charge in [-0.25, -0.2) is 0 Å². The van der Waals surface area contributed by atoms with Gasteiger partial charge in [0.15, 0.2) is 0 Å². The molecule has 0 radical (unpaired) electrons. The van der Waals surface area contributed by atoms with Crippen molar-refractivity contribution in [3.63, 3.8) is 0 Å². The van der Waals surface area contributed by atoms with Crippen LogP contribution >= 0.6 is 11.8 Å². The van der Waals surface area contributed by atoms with Crippen LogP contribution in [0.25, 0.3) is 0 Å². The maximum Gasteiger partial charge on any atom is 0.255 e. The number of hydrogen-bond acceptors (Lipinski definition) is 3. The molecular weight excluding hydrogens is 268 g/mol. The molecule has 1 amide bonds. The highest BCUT2D eigenvalue weighted by Gasteiger charge is 2.45. The molecule has 3 atom stereocenters. The quantitative estimate of drug-likeness (QED) is 0.868. The molecule has 1 N–H and O–H groups in total. The van der Waals surface area contributed by atoms with Gasteiger partial charge in [0.25, 0.3) is 5.91 Å². The molecule has 2 fully saturated rings. The summed E-state index contributed by atoms with van der Waals surface area (Å²) >= 11 is 1.65.